The van der Waals surface area contributed by atoms with Crippen LogP contribution < -0.4 is 5.32 Å². The van der Waals surface area contributed by atoms with E-state index in [9.17, 15) is 4.79 Å². The number of aromatic nitrogens is 2. The average Bonchev–Trinajstić information content (AvgIpc) is 2.67. The first-order valence-electron chi connectivity index (χ1n) is 8.64. The van der Waals surface area contributed by atoms with Crippen molar-refractivity contribution in [1.29, 1.82) is 0 Å². The van der Waals surface area contributed by atoms with Gasteiger partial charge >= 0.3 is 0 Å². The monoisotopic (exact) mass is 380 g/mol. The molecule has 0 bridgehead atoms. The van der Waals surface area contributed by atoms with Crippen molar-refractivity contribution in [3.63, 3.8) is 0 Å². The second kappa shape index (κ2) is 8.64. The Hall–Kier alpha value is -2.92. The van der Waals surface area contributed by atoms with Gasteiger partial charge in [0, 0.05) is 30.9 Å². The summed E-state index contributed by atoms with van der Waals surface area (Å²) in [4.78, 5) is 23.2. The summed E-state index contributed by atoms with van der Waals surface area (Å²) >= 11 is 5.91. The van der Waals surface area contributed by atoms with Gasteiger partial charge in [-0.2, -0.15) is 0 Å². The fourth-order valence-electron chi connectivity index (χ4n) is 2.67. The molecule has 3 aromatic rings. The standard InChI is InChI=1S/C21H21ClN4O/c1-15-12-19(20(27)26(2)14-17-6-4-3-5-7-17)25-21(24-15)23-13-16-8-10-18(22)11-9-16/h3-12H,13-14H2,1-2H3,(H,23,24,25). The zero-order valence-electron chi connectivity index (χ0n) is 15.3. The third-order valence-electron chi connectivity index (χ3n) is 4.05. The Bertz CT molecular complexity index is 913. The molecular formula is C21H21ClN4O. The molecule has 6 heteroatoms. The van der Waals surface area contributed by atoms with E-state index in [1.165, 1.54) is 0 Å². The summed E-state index contributed by atoms with van der Waals surface area (Å²) < 4.78 is 0. The van der Waals surface area contributed by atoms with Gasteiger partial charge in [0.15, 0.2) is 0 Å². The molecule has 0 fully saturated rings. The molecule has 27 heavy (non-hydrogen) atoms. The van der Waals surface area contributed by atoms with Crippen LogP contribution in [0.3, 0.4) is 0 Å². The van der Waals surface area contributed by atoms with Crippen molar-refractivity contribution in [2.45, 2.75) is 20.0 Å². The van der Waals surface area contributed by atoms with Gasteiger partial charge in [0.2, 0.25) is 5.95 Å². The molecule has 1 amide bonds. The Balaban J connectivity index is 1.70. The molecule has 0 spiro atoms. The average molecular weight is 381 g/mol. The Kier molecular flexibility index (Phi) is 6.04. The van der Waals surface area contributed by atoms with Crippen molar-refractivity contribution in [1.82, 2.24) is 14.9 Å². The maximum absolute atomic E-state index is 12.8. The number of rotatable bonds is 6. The van der Waals surface area contributed by atoms with Crippen molar-refractivity contribution in [3.05, 3.63) is 88.2 Å². The van der Waals surface area contributed by atoms with E-state index in [0.717, 1.165) is 16.8 Å². The van der Waals surface area contributed by atoms with Crippen molar-refractivity contribution < 1.29 is 4.79 Å². The van der Waals surface area contributed by atoms with Crippen molar-refractivity contribution in [2.24, 2.45) is 0 Å². The van der Waals surface area contributed by atoms with E-state index in [4.69, 9.17) is 11.6 Å². The minimum atomic E-state index is -0.140. The van der Waals surface area contributed by atoms with Gasteiger partial charge in [-0.25, -0.2) is 9.97 Å². The molecule has 138 valence electrons. The SMILES string of the molecule is Cc1cc(C(=O)N(C)Cc2ccccc2)nc(NCc2ccc(Cl)cc2)n1. The van der Waals surface area contributed by atoms with Crippen LogP contribution in [0.4, 0.5) is 5.95 Å². The van der Waals surface area contributed by atoms with Gasteiger partial charge in [-0.3, -0.25) is 4.79 Å². The van der Waals surface area contributed by atoms with Gasteiger partial charge < -0.3 is 10.2 Å². The molecule has 0 aliphatic rings. The third kappa shape index (κ3) is 5.28. The largest absolute Gasteiger partial charge is 0.350 e. The van der Waals surface area contributed by atoms with E-state index in [1.54, 1.807) is 18.0 Å². The van der Waals surface area contributed by atoms with Gasteiger partial charge in [-0.1, -0.05) is 54.1 Å². The Morgan fingerprint density at radius 2 is 1.74 bits per heavy atom. The Morgan fingerprint density at radius 1 is 1.04 bits per heavy atom. The summed E-state index contributed by atoms with van der Waals surface area (Å²) in [6.07, 6.45) is 0. The number of amides is 1. The lowest BCUT2D eigenvalue weighted by Crippen LogP contribution is -2.27. The van der Waals surface area contributed by atoms with Crippen LogP contribution in [0.15, 0.2) is 60.7 Å². The highest BCUT2D eigenvalue weighted by atomic mass is 35.5. The van der Waals surface area contributed by atoms with E-state index in [2.05, 4.69) is 15.3 Å². The van der Waals surface area contributed by atoms with Crippen LogP contribution >= 0.6 is 11.6 Å². The fraction of sp³-hybridized carbons (Fsp3) is 0.190. The molecule has 2 aromatic carbocycles. The highest BCUT2D eigenvalue weighted by molar-refractivity contribution is 6.30. The molecule has 1 N–H and O–H groups in total. The van der Waals surface area contributed by atoms with Gasteiger partial charge in [0.05, 0.1) is 0 Å². The smallest absolute Gasteiger partial charge is 0.272 e. The topological polar surface area (TPSA) is 58.1 Å². The number of hydrogen-bond donors (Lipinski definition) is 1. The predicted molar refractivity (Wildman–Crippen MR) is 108 cm³/mol. The minimum Gasteiger partial charge on any atom is -0.350 e. The maximum Gasteiger partial charge on any atom is 0.272 e. The zero-order valence-corrected chi connectivity index (χ0v) is 16.1. The van der Waals surface area contributed by atoms with E-state index >= 15 is 0 Å². The normalized spacial score (nSPS) is 10.5. The second-order valence-electron chi connectivity index (χ2n) is 6.35. The first-order chi connectivity index (χ1) is 13.0. The molecule has 0 radical (unpaired) electrons. The second-order valence-corrected chi connectivity index (χ2v) is 6.78. The molecular weight excluding hydrogens is 360 g/mol. The van der Waals surface area contributed by atoms with E-state index < -0.39 is 0 Å². The number of nitrogens with zero attached hydrogens (tertiary/aromatic N) is 3. The van der Waals surface area contributed by atoms with Gasteiger partial charge in [-0.05, 0) is 36.2 Å². The lowest BCUT2D eigenvalue weighted by molar-refractivity contribution is 0.0779. The van der Waals surface area contributed by atoms with E-state index in [1.807, 2.05) is 61.5 Å². The molecule has 0 saturated heterocycles. The molecule has 0 aliphatic carbocycles. The molecule has 0 aliphatic heterocycles. The Morgan fingerprint density at radius 3 is 2.44 bits per heavy atom. The lowest BCUT2D eigenvalue weighted by atomic mass is 10.2. The summed E-state index contributed by atoms with van der Waals surface area (Å²) in [6, 6.07) is 19.1. The van der Waals surface area contributed by atoms with Crippen LogP contribution in [0.1, 0.15) is 27.3 Å². The molecule has 0 unspecified atom stereocenters. The first kappa shape index (κ1) is 18.9. The van der Waals surface area contributed by atoms with Crippen LogP contribution in [0.2, 0.25) is 5.02 Å². The number of aryl methyl sites for hydroxylation is 1. The summed E-state index contributed by atoms with van der Waals surface area (Å²) in [5, 5.41) is 3.86. The van der Waals surface area contributed by atoms with Gasteiger partial charge in [0.25, 0.3) is 5.91 Å². The van der Waals surface area contributed by atoms with Crippen LogP contribution in [0, 0.1) is 6.92 Å². The fourth-order valence-corrected chi connectivity index (χ4v) is 2.79. The van der Waals surface area contributed by atoms with Gasteiger partial charge in [-0.15, -0.1) is 0 Å². The number of hydrogen-bond acceptors (Lipinski definition) is 4. The number of carbonyl (C=O) groups excluding carboxylic acids is 1. The van der Waals surface area contributed by atoms with Crippen molar-refractivity contribution in [3.8, 4) is 0 Å². The summed E-state index contributed by atoms with van der Waals surface area (Å²) in [5.74, 6) is 0.292. The highest BCUT2D eigenvalue weighted by Gasteiger charge is 2.15. The molecule has 0 atom stereocenters. The van der Waals surface area contributed by atoms with Crippen LogP contribution in [-0.2, 0) is 13.1 Å². The highest BCUT2D eigenvalue weighted by Crippen LogP contribution is 2.13. The molecule has 0 saturated carbocycles. The van der Waals surface area contributed by atoms with E-state index in [-0.39, 0.29) is 5.91 Å². The van der Waals surface area contributed by atoms with Gasteiger partial charge in [0.1, 0.15) is 5.69 Å². The van der Waals surface area contributed by atoms with Crippen LogP contribution in [-0.4, -0.2) is 27.8 Å². The minimum absolute atomic E-state index is 0.140. The number of anilines is 1. The molecule has 5 nitrogen and oxygen atoms in total. The first-order valence-corrected chi connectivity index (χ1v) is 9.02. The lowest BCUT2D eigenvalue weighted by Gasteiger charge is -2.17. The zero-order chi connectivity index (χ0) is 19.2. The summed E-state index contributed by atoms with van der Waals surface area (Å²) in [7, 11) is 1.77. The summed E-state index contributed by atoms with van der Waals surface area (Å²) in [5.41, 5.74) is 3.23. The molecule has 1 heterocycles. The quantitative estimate of drug-likeness (QED) is 0.691. The number of carbonyl (C=O) groups is 1. The molecule has 3 rings (SSSR count). The molecule has 1 aromatic heterocycles. The van der Waals surface area contributed by atoms with E-state index in [0.29, 0.717) is 29.8 Å². The predicted octanol–water partition coefficient (Wildman–Crippen LogP) is 4.32. The third-order valence-corrected chi connectivity index (χ3v) is 4.30. The van der Waals surface area contributed by atoms with Crippen molar-refractivity contribution in [2.75, 3.05) is 12.4 Å². The number of halogens is 1. The number of nitrogens with one attached hydrogen (secondary N) is 1. The maximum atomic E-state index is 12.8. The summed E-state index contributed by atoms with van der Waals surface area (Å²) in [6.45, 7) is 2.92. The van der Waals surface area contributed by atoms with Crippen LogP contribution in [0.25, 0.3) is 0 Å². The van der Waals surface area contributed by atoms with Crippen LogP contribution in [0.5, 0.6) is 0 Å². The number of benzene rings is 2. The van der Waals surface area contributed by atoms with Crippen molar-refractivity contribution >= 4 is 23.5 Å². The Labute approximate surface area is 164 Å².